The van der Waals surface area contributed by atoms with E-state index in [2.05, 4.69) is 10.1 Å². The van der Waals surface area contributed by atoms with Crippen LogP contribution in [0.2, 0.25) is 0 Å². The topological polar surface area (TPSA) is 108 Å². The van der Waals surface area contributed by atoms with Gasteiger partial charge in [-0.1, -0.05) is 12.1 Å². The van der Waals surface area contributed by atoms with Gasteiger partial charge in [-0.05, 0) is 87.6 Å². The average Bonchev–Trinajstić information content (AvgIpc) is 3.45. The summed E-state index contributed by atoms with van der Waals surface area (Å²) in [7, 11) is 0. The molecule has 1 N–H and O–H groups in total. The van der Waals surface area contributed by atoms with Gasteiger partial charge >= 0.3 is 5.97 Å². The highest BCUT2D eigenvalue weighted by atomic mass is 19.1. The smallest absolute Gasteiger partial charge is 0.306 e. The molecule has 0 spiro atoms. The first-order valence-corrected chi connectivity index (χ1v) is 14.8. The monoisotopic (exact) mass is 601 g/mol. The molecule has 0 radical (unpaired) electrons. The molecule has 44 heavy (non-hydrogen) atoms. The van der Waals surface area contributed by atoms with Gasteiger partial charge in [-0.3, -0.25) is 14.4 Å². The van der Waals surface area contributed by atoms with E-state index < -0.39 is 11.5 Å². The molecule has 2 amide bonds. The number of fused-ring (bicyclic) bond motifs is 1. The van der Waals surface area contributed by atoms with Gasteiger partial charge in [-0.25, -0.2) is 18.3 Å². The number of aromatic nitrogens is 3. The van der Waals surface area contributed by atoms with Crippen LogP contribution in [0.5, 0.6) is 0 Å². The zero-order chi connectivity index (χ0) is 31.2. The van der Waals surface area contributed by atoms with Crippen molar-refractivity contribution in [3.63, 3.8) is 0 Å². The number of amides is 2. The first-order chi connectivity index (χ1) is 21.0. The van der Waals surface area contributed by atoms with Crippen molar-refractivity contribution in [2.75, 3.05) is 19.6 Å². The van der Waals surface area contributed by atoms with Crippen LogP contribution in [0.4, 0.5) is 8.78 Å². The Hall–Kier alpha value is -4.67. The molecule has 1 saturated heterocycles. The maximum absolute atomic E-state index is 13.9. The predicted molar refractivity (Wildman–Crippen MR) is 159 cm³/mol. The Kier molecular flexibility index (Phi) is 7.65. The molecule has 2 aromatic heterocycles. The SMILES string of the molecule is CC1(C)CN(C(=O)C2CCC(C(=O)O)CC2)CCN1C(=O)c1cn2nc(-c3ccc(F)cc3)cc(-c3ccc(F)cc3)c2n1. The second-order valence-electron chi connectivity index (χ2n) is 12.3. The molecular weight excluding hydrogens is 568 g/mol. The predicted octanol–water partition coefficient (Wildman–Crippen LogP) is 5.30. The fraction of sp³-hybridized carbons (Fsp3) is 0.364. The molecule has 2 aliphatic rings. The third kappa shape index (κ3) is 5.66. The Balaban J connectivity index is 1.27. The van der Waals surface area contributed by atoms with Crippen LogP contribution in [0, 0.1) is 23.5 Å². The molecule has 6 rings (SSSR count). The summed E-state index contributed by atoms with van der Waals surface area (Å²) in [6, 6.07) is 13.6. The summed E-state index contributed by atoms with van der Waals surface area (Å²) in [5.74, 6) is -2.44. The molecule has 1 aliphatic heterocycles. The lowest BCUT2D eigenvalue weighted by atomic mass is 9.81. The van der Waals surface area contributed by atoms with Gasteiger partial charge in [0.25, 0.3) is 5.91 Å². The van der Waals surface area contributed by atoms with Gasteiger partial charge in [0, 0.05) is 36.7 Å². The molecule has 3 heterocycles. The maximum atomic E-state index is 13.9. The third-order valence-corrected chi connectivity index (χ3v) is 8.82. The molecule has 2 fully saturated rings. The summed E-state index contributed by atoms with van der Waals surface area (Å²) in [4.78, 5) is 46.8. The Morgan fingerprint density at radius 1 is 0.864 bits per heavy atom. The van der Waals surface area contributed by atoms with Crippen molar-refractivity contribution in [3.8, 4) is 22.4 Å². The second kappa shape index (κ2) is 11.4. The fourth-order valence-electron chi connectivity index (χ4n) is 6.39. The number of halogens is 2. The van der Waals surface area contributed by atoms with E-state index in [1.54, 1.807) is 46.3 Å². The Morgan fingerprint density at radius 3 is 2.05 bits per heavy atom. The van der Waals surface area contributed by atoms with E-state index in [0.29, 0.717) is 73.3 Å². The molecule has 4 aromatic rings. The zero-order valence-electron chi connectivity index (χ0n) is 24.5. The number of aliphatic carboxylic acids is 1. The Morgan fingerprint density at radius 2 is 1.45 bits per heavy atom. The van der Waals surface area contributed by atoms with Crippen molar-refractivity contribution >= 4 is 23.4 Å². The number of hydrogen-bond donors (Lipinski definition) is 1. The quantitative estimate of drug-likeness (QED) is 0.333. The second-order valence-corrected chi connectivity index (χ2v) is 12.3. The summed E-state index contributed by atoms with van der Waals surface area (Å²) in [5.41, 5.74) is 2.40. The summed E-state index contributed by atoms with van der Waals surface area (Å²) in [6.07, 6.45) is 3.67. The lowest BCUT2D eigenvalue weighted by Crippen LogP contribution is -2.62. The van der Waals surface area contributed by atoms with Crippen LogP contribution in [0.15, 0.2) is 60.8 Å². The normalized spacial score (nSPS) is 20.1. The minimum absolute atomic E-state index is 0.0169. The number of carbonyl (C=O) groups excluding carboxylic acids is 2. The van der Waals surface area contributed by atoms with Gasteiger partial charge in [0.05, 0.1) is 23.3 Å². The van der Waals surface area contributed by atoms with Gasteiger partial charge in [-0.15, -0.1) is 0 Å². The van der Waals surface area contributed by atoms with E-state index in [9.17, 15) is 28.3 Å². The molecule has 228 valence electrons. The highest BCUT2D eigenvalue weighted by Gasteiger charge is 2.41. The van der Waals surface area contributed by atoms with Crippen LogP contribution in [-0.4, -0.2) is 72.5 Å². The number of benzene rings is 2. The maximum Gasteiger partial charge on any atom is 0.306 e. The first-order valence-electron chi connectivity index (χ1n) is 14.8. The average molecular weight is 602 g/mol. The van der Waals surface area contributed by atoms with E-state index in [1.807, 2.05) is 13.8 Å². The van der Waals surface area contributed by atoms with Crippen molar-refractivity contribution < 1.29 is 28.3 Å². The minimum Gasteiger partial charge on any atom is -0.481 e. The van der Waals surface area contributed by atoms with Crippen molar-refractivity contribution in [2.45, 2.75) is 45.1 Å². The van der Waals surface area contributed by atoms with Crippen LogP contribution in [0.25, 0.3) is 28.0 Å². The number of nitrogens with zero attached hydrogens (tertiary/aromatic N) is 5. The van der Waals surface area contributed by atoms with Gasteiger partial charge in [0.2, 0.25) is 5.91 Å². The van der Waals surface area contributed by atoms with Gasteiger partial charge in [0.1, 0.15) is 17.3 Å². The molecule has 0 atom stereocenters. The van der Waals surface area contributed by atoms with E-state index in [1.165, 1.54) is 28.8 Å². The number of imidazole rings is 1. The van der Waals surface area contributed by atoms with Crippen LogP contribution in [0.1, 0.15) is 50.0 Å². The lowest BCUT2D eigenvalue weighted by molar-refractivity contribution is -0.147. The molecule has 1 saturated carbocycles. The first kappa shape index (κ1) is 29.4. The van der Waals surface area contributed by atoms with Crippen LogP contribution in [-0.2, 0) is 9.59 Å². The molecular formula is C33H33F2N5O4. The van der Waals surface area contributed by atoms with Crippen molar-refractivity contribution in [1.82, 2.24) is 24.4 Å². The summed E-state index contributed by atoms with van der Waals surface area (Å²) in [6.45, 7) is 4.85. The number of carboxylic acids is 1. The highest BCUT2D eigenvalue weighted by molar-refractivity contribution is 5.95. The Labute approximate surface area is 253 Å². The number of carbonyl (C=O) groups is 3. The largest absolute Gasteiger partial charge is 0.481 e. The van der Waals surface area contributed by atoms with Crippen molar-refractivity contribution in [1.29, 1.82) is 0 Å². The minimum atomic E-state index is -0.803. The number of piperazine rings is 1. The molecule has 11 heteroatoms. The molecule has 0 bridgehead atoms. The molecule has 0 unspecified atom stereocenters. The number of carboxylic acid groups (broad SMARTS) is 1. The standard InChI is InChI=1S/C33H33F2N5O4/c1-33(2)19-38(30(41)22-3-5-23(6-4-22)32(43)44)15-16-39(33)31(42)28-18-40-29(36-28)26(20-7-11-24(34)12-8-20)17-27(37-40)21-9-13-25(35)14-10-21/h7-14,17-18,22-23H,3-6,15-16,19H2,1-2H3,(H,43,44). The summed E-state index contributed by atoms with van der Waals surface area (Å²) >= 11 is 0. The lowest BCUT2D eigenvalue weighted by Gasteiger charge is -2.47. The summed E-state index contributed by atoms with van der Waals surface area (Å²) in [5, 5.41) is 14.0. The van der Waals surface area contributed by atoms with Crippen LogP contribution >= 0.6 is 0 Å². The van der Waals surface area contributed by atoms with E-state index in [0.717, 1.165) is 0 Å². The zero-order valence-corrected chi connectivity index (χ0v) is 24.5. The van der Waals surface area contributed by atoms with E-state index in [-0.39, 0.29) is 41.0 Å². The molecule has 1 aliphatic carbocycles. The van der Waals surface area contributed by atoms with Crippen molar-refractivity contribution in [2.24, 2.45) is 11.8 Å². The van der Waals surface area contributed by atoms with Crippen LogP contribution in [0.3, 0.4) is 0 Å². The Bertz CT molecular complexity index is 1730. The van der Waals surface area contributed by atoms with Gasteiger partial charge in [-0.2, -0.15) is 5.10 Å². The number of hydrogen-bond acceptors (Lipinski definition) is 5. The third-order valence-electron chi connectivity index (χ3n) is 8.82. The molecule has 9 nitrogen and oxygen atoms in total. The van der Waals surface area contributed by atoms with E-state index >= 15 is 0 Å². The van der Waals surface area contributed by atoms with Crippen LogP contribution < -0.4 is 0 Å². The van der Waals surface area contributed by atoms with E-state index in [4.69, 9.17) is 0 Å². The van der Waals surface area contributed by atoms with Gasteiger partial charge in [0.15, 0.2) is 5.65 Å². The number of rotatable bonds is 5. The van der Waals surface area contributed by atoms with Gasteiger partial charge < -0.3 is 14.9 Å². The van der Waals surface area contributed by atoms with Crippen molar-refractivity contribution in [3.05, 3.63) is 78.1 Å². The fourth-order valence-corrected chi connectivity index (χ4v) is 6.39. The molecule has 2 aromatic carbocycles. The highest BCUT2D eigenvalue weighted by Crippen LogP contribution is 2.33. The summed E-state index contributed by atoms with van der Waals surface area (Å²) < 4.78 is 28.9.